The number of aromatic amines is 1. The topological polar surface area (TPSA) is 61.0 Å². The third-order valence-electron chi connectivity index (χ3n) is 5.76. The number of piperidine rings is 1. The number of amides is 1. The van der Waals surface area contributed by atoms with E-state index in [1.54, 1.807) is 6.20 Å². The molecule has 30 heavy (non-hydrogen) atoms. The normalized spacial score (nSPS) is 15.5. The van der Waals surface area contributed by atoms with Gasteiger partial charge in [0.1, 0.15) is 0 Å². The highest BCUT2D eigenvalue weighted by Crippen LogP contribution is 2.28. The molecule has 0 radical (unpaired) electrons. The molecule has 0 bridgehead atoms. The lowest BCUT2D eigenvalue weighted by molar-refractivity contribution is -0.121. The van der Waals surface area contributed by atoms with E-state index in [4.69, 9.17) is 0 Å². The number of hydrogen-bond donors (Lipinski definition) is 2. The molecule has 5 rings (SSSR count). The Balaban J connectivity index is 1.16. The SMILES string of the molecule is O=C(Nc1cccc(-c2ccn[nH]2)c1)C1CCN(Cc2cc3ccccc3s2)CC1. The molecule has 1 amide bonds. The van der Waals surface area contributed by atoms with Crippen LogP contribution in [0.3, 0.4) is 0 Å². The zero-order valence-electron chi connectivity index (χ0n) is 16.7. The summed E-state index contributed by atoms with van der Waals surface area (Å²) in [5.74, 6) is 0.192. The Morgan fingerprint density at radius 1 is 1.10 bits per heavy atom. The van der Waals surface area contributed by atoms with Gasteiger partial charge in [0, 0.05) is 39.5 Å². The van der Waals surface area contributed by atoms with Crippen LogP contribution in [0.2, 0.25) is 0 Å². The van der Waals surface area contributed by atoms with Gasteiger partial charge in [0.05, 0.1) is 5.69 Å². The number of nitrogens with zero attached hydrogens (tertiary/aromatic N) is 2. The zero-order valence-corrected chi connectivity index (χ0v) is 17.5. The van der Waals surface area contributed by atoms with Crippen LogP contribution in [0.5, 0.6) is 0 Å². The summed E-state index contributed by atoms with van der Waals surface area (Å²) in [5.41, 5.74) is 2.80. The molecular weight excluding hydrogens is 392 g/mol. The molecule has 5 nitrogen and oxygen atoms in total. The van der Waals surface area contributed by atoms with Crippen LogP contribution in [-0.2, 0) is 11.3 Å². The van der Waals surface area contributed by atoms with Crippen molar-refractivity contribution in [2.24, 2.45) is 5.92 Å². The van der Waals surface area contributed by atoms with Crippen LogP contribution in [0, 0.1) is 5.92 Å². The molecule has 3 heterocycles. The van der Waals surface area contributed by atoms with Gasteiger partial charge in [-0.05, 0) is 61.6 Å². The van der Waals surface area contributed by atoms with E-state index in [2.05, 4.69) is 50.7 Å². The molecule has 1 fully saturated rings. The van der Waals surface area contributed by atoms with E-state index in [0.717, 1.165) is 49.4 Å². The number of carbonyl (C=O) groups excluding carboxylic acids is 1. The van der Waals surface area contributed by atoms with E-state index >= 15 is 0 Å². The third kappa shape index (κ3) is 4.15. The molecule has 6 heteroatoms. The molecule has 0 unspecified atom stereocenters. The lowest BCUT2D eigenvalue weighted by Gasteiger charge is -2.30. The van der Waals surface area contributed by atoms with Crippen molar-refractivity contribution < 1.29 is 4.79 Å². The number of anilines is 1. The first kappa shape index (κ1) is 19.0. The molecule has 1 aliphatic rings. The van der Waals surface area contributed by atoms with Gasteiger partial charge >= 0.3 is 0 Å². The number of thiophene rings is 1. The molecule has 0 spiro atoms. The lowest BCUT2D eigenvalue weighted by atomic mass is 9.95. The molecule has 0 saturated carbocycles. The maximum atomic E-state index is 12.8. The zero-order chi connectivity index (χ0) is 20.3. The Morgan fingerprint density at radius 2 is 1.97 bits per heavy atom. The summed E-state index contributed by atoms with van der Waals surface area (Å²) in [6.07, 6.45) is 3.53. The van der Waals surface area contributed by atoms with Crippen LogP contribution >= 0.6 is 11.3 Å². The van der Waals surface area contributed by atoms with Crippen LogP contribution in [0.25, 0.3) is 21.3 Å². The minimum absolute atomic E-state index is 0.0690. The Labute approximate surface area is 179 Å². The van der Waals surface area contributed by atoms with Crippen LogP contribution < -0.4 is 5.32 Å². The van der Waals surface area contributed by atoms with Gasteiger partial charge in [-0.3, -0.25) is 14.8 Å². The summed E-state index contributed by atoms with van der Waals surface area (Å²) in [6.45, 7) is 2.89. The number of benzene rings is 2. The van der Waals surface area contributed by atoms with E-state index in [-0.39, 0.29) is 11.8 Å². The monoisotopic (exact) mass is 416 g/mol. The van der Waals surface area contributed by atoms with E-state index in [9.17, 15) is 4.79 Å². The van der Waals surface area contributed by atoms with Gasteiger partial charge in [0.25, 0.3) is 0 Å². The van der Waals surface area contributed by atoms with Crippen LogP contribution in [0.1, 0.15) is 17.7 Å². The van der Waals surface area contributed by atoms with E-state index in [1.807, 2.05) is 41.7 Å². The summed E-state index contributed by atoms with van der Waals surface area (Å²) in [7, 11) is 0. The number of likely N-dealkylation sites (tertiary alicyclic amines) is 1. The molecular formula is C24H24N4OS. The highest BCUT2D eigenvalue weighted by atomic mass is 32.1. The van der Waals surface area contributed by atoms with Gasteiger partial charge in [-0.1, -0.05) is 30.3 Å². The number of aromatic nitrogens is 2. The second-order valence-electron chi connectivity index (χ2n) is 7.84. The summed E-state index contributed by atoms with van der Waals surface area (Å²) < 4.78 is 1.35. The number of nitrogens with one attached hydrogen (secondary N) is 2. The highest BCUT2D eigenvalue weighted by Gasteiger charge is 2.25. The van der Waals surface area contributed by atoms with Gasteiger partial charge in [0.15, 0.2) is 0 Å². The average molecular weight is 417 g/mol. The van der Waals surface area contributed by atoms with E-state index in [1.165, 1.54) is 15.0 Å². The Morgan fingerprint density at radius 3 is 2.77 bits per heavy atom. The molecule has 1 aliphatic heterocycles. The molecule has 4 aromatic rings. The fraction of sp³-hybridized carbons (Fsp3) is 0.250. The van der Waals surface area contributed by atoms with Crippen molar-refractivity contribution in [3.05, 3.63) is 71.7 Å². The van der Waals surface area contributed by atoms with Crippen molar-refractivity contribution in [2.75, 3.05) is 18.4 Å². The van der Waals surface area contributed by atoms with Crippen LogP contribution in [0.4, 0.5) is 5.69 Å². The Bertz CT molecular complexity index is 1110. The van der Waals surface area contributed by atoms with Gasteiger partial charge in [-0.15, -0.1) is 11.3 Å². The fourth-order valence-electron chi connectivity index (χ4n) is 4.11. The predicted molar refractivity (Wildman–Crippen MR) is 122 cm³/mol. The number of H-pyrrole nitrogens is 1. The standard InChI is InChI=1S/C24H24N4OS/c29-24(26-20-6-3-5-18(14-20)22-8-11-25-27-22)17-9-12-28(13-10-17)16-21-15-19-4-1-2-7-23(19)30-21/h1-8,11,14-15,17H,9-10,12-13,16H2,(H,25,27)(H,26,29). The number of carbonyl (C=O) groups is 1. The first-order valence-electron chi connectivity index (χ1n) is 10.3. The van der Waals surface area contributed by atoms with Crippen molar-refractivity contribution in [3.8, 4) is 11.3 Å². The second-order valence-corrected chi connectivity index (χ2v) is 9.01. The van der Waals surface area contributed by atoms with Crippen molar-refractivity contribution in [1.82, 2.24) is 15.1 Å². The van der Waals surface area contributed by atoms with Gasteiger partial charge in [-0.2, -0.15) is 5.10 Å². The second kappa shape index (κ2) is 8.42. The Kier molecular flexibility index (Phi) is 5.34. The quantitative estimate of drug-likeness (QED) is 0.473. The minimum Gasteiger partial charge on any atom is -0.326 e. The van der Waals surface area contributed by atoms with E-state index in [0.29, 0.717) is 0 Å². The number of rotatable bonds is 5. The minimum atomic E-state index is 0.0690. The molecule has 2 N–H and O–H groups in total. The van der Waals surface area contributed by atoms with E-state index < -0.39 is 0 Å². The van der Waals surface area contributed by atoms with Gasteiger partial charge < -0.3 is 5.32 Å². The summed E-state index contributed by atoms with van der Waals surface area (Å²) >= 11 is 1.87. The Hall–Kier alpha value is -2.96. The third-order valence-corrected chi connectivity index (χ3v) is 6.86. The molecule has 0 atom stereocenters. The molecule has 1 saturated heterocycles. The largest absolute Gasteiger partial charge is 0.326 e. The smallest absolute Gasteiger partial charge is 0.227 e. The molecule has 2 aromatic carbocycles. The van der Waals surface area contributed by atoms with Crippen LogP contribution in [0.15, 0.2) is 66.9 Å². The first-order chi connectivity index (χ1) is 14.7. The lowest BCUT2D eigenvalue weighted by Crippen LogP contribution is -2.37. The number of hydrogen-bond acceptors (Lipinski definition) is 4. The first-order valence-corrected chi connectivity index (χ1v) is 11.2. The molecule has 2 aromatic heterocycles. The van der Waals surface area contributed by atoms with Gasteiger partial charge in [-0.25, -0.2) is 0 Å². The summed E-state index contributed by atoms with van der Waals surface area (Å²) in [4.78, 5) is 16.7. The van der Waals surface area contributed by atoms with Crippen molar-refractivity contribution in [2.45, 2.75) is 19.4 Å². The molecule has 152 valence electrons. The maximum absolute atomic E-state index is 12.8. The fourth-order valence-corrected chi connectivity index (χ4v) is 5.22. The maximum Gasteiger partial charge on any atom is 0.227 e. The summed E-state index contributed by atoms with van der Waals surface area (Å²) in [6, 6.07) is 20.7. The van der Waals surface area contributed by atoms with Crippen molar-refractivity contribution >= 4 is 33.0 Å². The van der Waals surface area contributed by atoms with Gasteiger partial charge in [0.2, 0.25) is 5.91 Å². The summed E-state index contributed by atoms with van der Waals surface area (Å²) in [5, 5.41) is 11.4. The predicted octanol–water partition coefficient (Wildman–Crippen LogP) is 5.14. The number of fused-ring (bicyclic) bond motifs is 1. The average Bonchev–Trinajstić information content (AvgIpc) is 3.44. The van der Waals surface area contributed by atoms with Crippen molar-refractivity contribution in [3.63, 3.8) is 0 Å². The van der Waals surface area contributed by atoms with Crippen LogP contribution in [-0.4, -0.2) is 34.1 Å². The molecule has 0 aliphatic carbocycles. The highest BCUT2D eigenvalue weighted by molar-refractivity contribution is 7.19. The van der Waals surface area contributed by atoms with Crippen molar-refractivity contribution in [1.29, 1.82) is 0 Å².